The molecule has 3 aromatic carbocycles. The second kappa shape index (κ2) is 11.8. The fraction of sp³-hybridized carbons (Fsp3) is 0.0800. The van der Waals surface area contributed by atoms with Crippen LogP contribution in [0.5, 0.6) is 0 Å². The molecule has 0 radical (unpaired) electrons. The lowest BCUT2D eigenvalue weighted by Crippen LogP contribution is -2.14. The zero-order valence-electron chi connectivity index (χ0n) is 18.4. The van der Waals surface area contributed by atoms with Crippen molar-refractivity contribution in [3.05, 3.63) is 95.5 Å². The van der Waals surface area contributed by atoms with Gasteiger partial charge in [0.05, 0.1) is 27.2 Å². The minimum atomic E-state index is -0.169. The standard InChI is InChI=1S/C25H20Cl2N6OS/c1-2-14-33-24(17-8-13-21(26)22(27)15-17)31-32-25(33)35-16-23(34)28-18-9-11-20(12-10-18)30-29-19-6-4-3-5-7-19/h2-13,15H,1,14,16H2,(H,28,34). The number of hydrogen-bond donors (Lipinski definition) is 1. The van der Waals surface area contributed by atoms with Crippen molar-refractivity contribution >= 4 is 57.9 Å². The normalized spacial score (nSPS) is 11.0. The minimum Gasteiger partial charge on any atom is -0.325 e. The van der Waals surface area contributed by atoms with E-state index in [0.29, 0.717) is 38.9 Å². The molecule has 7 nitrogen and oxygen atoms in total. The fourth-order valence-electron chi connectivity index (χ4n) is 3.09. The summed E-state index contributed by atoms with van der Waals surface area (Å²) in [5.74, 6) is 0.607. The second-order valence-corrected chi connectivity index (χ2v) is 9.01. The highest BCUT2D eigenvalue weighted by atomic mass is 35.5. The molecule has 4 rings (SSSR count). The molecule has 0 aliphatic heterocycles. The molecule has 1 amide bonds. The third-order valence-electron chi connectivity index (χ3n) is 4.73. The molecule has 0 spiro atoms. The van der Waals surface area contributed by atoms with Gasteiger partial charge in [-0.2, -0.15) is 10.2 Å². The summed E-state index contributed by atoms with van der Waals surface area (Å²) in [7, 11) is 0. The molecule has 0 aliphatic rings. The molecule has 4 aromatic rings. The van der Waals surface area contributed by atoms with Gasteiger partial charge in [0.2, 0.25) is 5.91 Å². The van der Waals surface area contributed by atoms with E-state index in [4.69, 9.17) is 23.2 Å². The first-order valence-electron chi connectivity index (χ1n) is 10.5. The Morgan fingerprint density at radius 3 is 2.37 bits per heavy atom. The number of thioether (sulfide) groups is 1. The van der Waals surface area contributed by atoms with Crippen LogP contribution in [0.1, 0.15) is 0 Å². The molecule has 0 bridgehead atoms. The highest BCUT2D eigenvalue weighted by Crippen LogP contribution is 2.30. The molecular weight excluding hydrogens is 503 g/mol. The molecule has 10 heteroatoms. The van der Waals surface area contributed by atoms with E-state index in [1.54, 1.807) is 42.5 Å². The molecule has 0 unspecified atom stereocenters. The summed E-state index contributed by atoms with van der Waals surface area (Å²) in [6.07, 6.45) is 1.74. The summed E-state index contributed by atoms with van der Waals surface area (Å²) < 4.78 is 1.87. The highest BCUT2D eigenvalue weighted by Gasteiger charge is 2.16. The molecule has 0 aliphatic carbocycles. The minimum absolute atomic E-state index is 0.159. The average Bonchev–Trinajstić information content (AvgIpc) is 3.27. The number of rotatable bonds is 9. The van der Waals surface area contributed by atoms with Crippen molar-refractivity contribution < 1.29 is 4.79 Å². The predicted octanol–water partition coefficient (Wildman–Crippen LogP) is 7.58. The zero-order chi connectivity index (χ0) is 24.6. The number of aromatic nitrogens is 3. The van der Waals surface area contributed by atoms with E-state index in [1.807, 2.05) is 41.0 Å². The van der Waals surface area contributed by atoms with Crippen LogP contribution in [0.25, 0.3) is 11.4 Å². The number of carbonyl (C=O) groups is 1. The largest absolute Gasteiger partial charge is 0.325 e. The monoisotopic (exact) mass is 522 g/mol. The SMILES string of the molecule is C=CCn1c(SCC(=O)Nc2ccc(N=Nc3ccccc3)cc2)nnc1-c1ccc(Cl)c(Cl)c1. The molecule has 1 heterocycles. The Labute approximate surface area is 216 Å². The van der Waals surface area contributed by atoms with Gasteiger partial charge in [-0.15, -0.1) is 16.8 Å². The predicted molar refractivity (Wildman–Crippen MR) is 142 cm³/mol. The maximum Gasteiger partial charge on any atom is 0.234 e. The Kier molecular flexibility index (Phi) is 8.31. The van der Waals surface area contributed by atoms with Crippen molar-refractivity contribution in [2.45, 2.75) is 11.7 Å². The van der Waals surface area contributed by atoms with Crippen molar-refractivity contribution in [3.8, 4) is 11.4 Å². The lowest BCUT2D eigenvalue weighted by atomic mass is 10.2. The maximum absolute atomic E-state index is 12.5. The number of azo groups is 1. The van der Waals surface area contributed by atoms with Gasteiger partial charge >= 0.3 is 0 Å². The molecule has 0 saturated carbocycles. The number of nitrogens with zero attached hydrogens (tertiary/aromatic N) is 5. The Morgan fingerprint density at radius 1 is 0.971 bits per heavy atom. The van der Waals surface area contributed by atoms with Crippen molar-refractivity contribution in [3.63, 3.8) is 0 Å². The Hall–Kier alpha value is -3.46. The molecule has 0 atom stereocenters. The lowest BCUT2D eigenvalue weighted by Gasteiger charge is -2.09. The average molecular weight is 523 g/mol. The fourth-order valence-corrected chi connectivity index (χ4v) is 4.13. The third kappa shape index (κ3) is 6.57. The third-order valence-corrected chi connectivity index (χ3v) is 6.43. The first kappa shape index (κ1) is 24.7. The van der Waals surface area contributed by atoms with Crippen LogP contribution in [-0.2, 0) is 11.3 Å². The molecule has 1 aromatic heterocycles. The summed E-state index contributed by atoms with van der Waals surface area (Å²) in [6, 6.07) is 21.9. The summed E-state index contributed by atoms with van der Waals surface area (Å²) in [5, 5.41) is 21.3. The smallest absolute Gasteiger partial charge is 0.234 e. The first-order valence-corrected chi connectivity index (χ1v) is 12.3. The van der Waals surface area contributed by atoms with Gasteiger partial charge in [-0.1, -0.05) is 59.2 Å². The van der Waals surface area contributed by atoms with Crippen molar-refractivity contribution in [2.75, 3.05) is 11.1 Å². The van der Waals surface area contributed by atoms with Gasteiger partial charge < -0.3 is 5.32 Å². The lowest BCUT2D eigenvalue weighted by molar-refractivity contribution is -0.113. The van der Waals surface area contributed by atoms with Gasteiger partial charge in [-0.3, -0.25) is 9.36 Å². The number of carbonyl (C=O) groups excluding carboxylic acids is 1. The number of nitrogens with one attached hydrogen (secondary N) is 1. The second-order valence-electron chi connectivity index (χ2n) is 7.25. The molecule has 35 heavy (non-hydrogen) atoms. The van der Waals surface area contributed by atoms with E-state index in [2.05, 4.69) is 32.3 Å². The summed E-state index contributed by atoms with van der Waals surface area (Å²) in [6.45, 7) is 4.28. The molecule has 0 fully saturated rings. The van der Waals surface area contributed by atoms with E-state index >= 15 is 0 Å². The van der Waals surface area contributed by atoms with E-state index < -0.39 is 0 Å². The number of benzene rings is 3. The van der Waals surface area contributed by atoms with Crippen LogP contribution >= 0.6 is 35.0 Å². The van der Waals surface area contributed by atoms with Crippen LogP contribution in [0.2, 0.25) is 10.0 Å². The van der Waals surface area contributed by atoms with Gasteiger partial charge in [0.1, 0.15) is 0 Å². The van der Waals surface area contributed by atoms with Gasteiger partial charge in [-0.05, 0) is 54.6 Å². The first-order chi connectivity index (χ1) is 17.0. The molecule has 0 saturated heterocycles. The quantitative estimate of drug-likeness (QED) is 0.139. The van der Waals surface area contributed by atoms with Gasteiger partial charge in [0.25, 0.3) is 0 Å². The zero-order valence-corrected chi connectivity index (χ0v) is 20.8. The summed E-state index contributed by atoms with van der Waals surface area (Å²) in [5.41, 5.74) is 2.90. The van der Waals surface area contributed by atoms with Gasteiger partial charge in [-0.25, -0.2) is 0 Å². The Bertz CT molecular complexity index is 1360. The molecule has 176 valence electrons. The van der Waals surface area contributed by atoms with E-state index in [-0.39, 0.29) is 11.7 Å². The van der Waals surface area contributed by atoms with Crippen molar-refractivity contribution in [1.82, 2.24) is 14.8 Å². The maximum atomic E-state index is 12.5. The number of amides is 1. The number of anilines is 1. The molecular formula is C25H20Cl2N6OS. The van der Waals surface area contributed by atoms with E-state index in [9.17, 15) is 4.79 Å². The number of halogens is 2. The van der Waals surface area contributed by atoms with Crippen LogP contribution in [0.3, 0.4) is 0 Å². The van der Waals surface area contributed by atoms with Crippen LogP contribution in [0.4, 0.5) is 17.1 Å². The van der Waals surface area contributed by atoms with Gasteiger partial charge in [0.15, 0.2) is 11.0 Å². The highest BCUT2D eigenvalue weighted by molar-refractivity contribution is 7.99. The van der Waals surface area contributed by atoms with Gasteiger partial charge in [0, 0.05) is 17.8 Å². The topological polar surface area (TPSA) is 84.5 Å². The van der Waals surface area contributed by atoms with E-state index in [1.165, 1.54) is 11.8 Å². The van der Waals surface area contributed by atoms with Crippen LogP contribution in [0.15, 0.2) is 101 Å². The van der Waals surface area contributed by atoms with Crippen LogP contribution in [-0.4, -0.2) is 26.4 Å². The summed E-state index contributed by atoms with van der Waals surface area (Å²) >= 11 is 13.5. The number of hydrogen-bond acceptors (Lipinski definition) is 6. The van der Waals surface area contributed by atoms with Crippen molar-refractivity contribution in [1.29, 1.82) is 0 Å². The Morgan fingerprint density at radius 2 is 1.69 bits per heavy atom. The Balaban J connectivity index is 1.37. The van der Waals surface area contributed by atoms with Crippen LogP contribution in [0, 0.1) is 0 Å². The molecule has 1 N–H and O–H groups in total. The number of allylic oxidation sites excluding steroid dienone is 1. The van der Waals surface area contributed by atoms with Crippen molar-refractivity contribution in [2.24, 2.45) is 10.2 Å². The summed E-state index contributed by atoms with van der Waals surface area (Å²) in [4.78, 5) is 12.5. The van der Waals surface area contributed by atoms with E-state index in [0.717, 1.165) is 11.3 Å². The van der Waals surface area contributed by atoms with Crippen LogP contribution < -0.4 is 5.32 Å².